The monoisotopic (exact) mass is 225 g/mol. The second kappa shape index (κ2) is 5.72. The molecule has 0 amide bonds. The van der Waals surface area contributed by atoms with E-state index in [9.17, 15) is 0 Å². The number of ether oxygens (including phenoxy) is 2. The van der Waals surface area contributed by atoms with Gasteiger partial charge in [-0.1, -0.05) is 0 Å². The molecule has 0 aliphatic carbocycles. The summed E-state index contributed by atoms with van der Waals surface area (Å²) in [4.78, 5) is 0. The summed E-state index contributed by atoms with van der Waals surface area (Å²) in [6.07, 6.45) is 0.482. The molecule has 1 atom stereocenters. The lowest BCUT2D eigenvalue weighted by atomic mass is 10.0. The van der Waals surface area contributed by atoms with Crippen molar-refractivity contribution in [2.24, 2.45) is 5.73 Å². The van der Waals surface area contributed by atoms with E-state index >= 15 is 0 Å². The second-order valence-electron chi connectivity index (χ2n) is 3.70. The summed E-state index contributed by atoms with van der Waals surface area (Å²) in [5.41, 5.74) is 7.85. The van der Waals surface area contributed by atoms with E-state index in [0.717, 1.165) is 11.1 Å². The predicted molar refractivity (Wildman–Crippen MR) is 62.9 cm³/mol. The van der Waals surface area contributed by atoms with Crippen LogP contribution in [0.15, 0.2) is 12.1 Å². The highest BCUT2D eigenvalue weighted by Gasteiger charge is 2.17. The van der Waals surface area contributed by atoms with Gasteiger partial charge >= 0.3 is 0 Å². The van der Waals surface area contributed by atoms with Gasteiger partial charge < -0.3 is 20.3 Å². The van der Waals surface area contributed by atoms with Crippen LogP contribution < -0.4 is 15.2 Å². The van der Waals surface area contributed by atoms with Crippen molar-refractivity contribution in [2.75, 3.05) is 20.8 Å². The molecule has 1 rings (SSSR count). The van der Waals surface area contributed by atoms with Crippen molar-refractivity contribution in [3.8, 4) is 11.5 Å². The smallest absolute Gasteiger partial charge is 0.127 e. The fourth-order valence-corrected chi connectivity index (χ4v) is 1.72. The zero-order valence-corrected chi connectivity index (χ0v) is 9.99. The third-order valence-electron chi connectivity index (χ3n) is 2.50. The lowest BCUT2D eigenvalue weighted by Crippen LogP contribution is -2.14. The highest BCUT2D eigenvalue weighted by atomic mass is 16.5. The number of rotatable bonds is 5. The number of aliphatic hydroxyl groups is 1. The Morgan fingerprint density at radius 3 is 2.12 bits per heavy atom. The van der Waals surface area contributed by atoms with E-state index in [0.29, 0.717) is 17.9 Å². The molecule has 4 nitrogen and oxygen atoms in total. The molecule has 1 aromatic rings. The molecule has 0 heterocycles. The first-order valence-electron chi connectivity index (χ1n) is 5.23. The summed E-state index contributed by atoms with van der Waals surface area (Å²) in [6.45, 7) is 2.01. The Balaban J connectivity index is 3.21. The number of benzene rings is 1. The SMILES string of the molecule is COc1cc(C)cc(OC)c1[C@H](N)CCO. The standard InChI is InChI=1S/C12H19NO3/c1-8-6-10(15-2)12(9(13)4-5-14)11(7-8)16-3/h6-7,9,14H,4-5,13H2,1-3H3/t9-/m1/s1. The van der Waals surface area contributed by atoms with Gasteiger partial charge in [0.05, 0.1) is 19.8 Å². The topological polar surface area (TPSA) is 64.7 Å². The summed E-state index contributed by atoms with van der Waals surface area (Å²) in [5, 5.41) is 8.92. The zero-order valence-electron chi connectivity index (χ0n) is 9.99. The van der Waals surface area contributed by atoms with E-state index in [4.69, 9.17) is 20.3 Å². The van der Waals surface area contributed by atoms with Crippen LogP contribution in [0.1, 0.15) is 23.6 Å². The fraction of sp³-hybridized carbons (Fsp3) is 0.500. The maximum atomic E-state index is 8.92. The Bertz CT molecular complexity index is 327. The largest absolute Gasteiger partial charge is 0.496 e. The number of methoxy groups -OCH3 is 2. The average Bonchev–Trinajstić information content (AvgIpc) is 2.27. The third-order valence-corrected chi connectivity index (χ3v) is 2.50. The summed E-state index contributed by atoms with van der Waals surface area (Å²) in [5.74, 6) is 1.41. The van der Waals surface area contributed by atoms with E-state index in [-0.39, 0.29) is 12.6 Å². The Morgan fingerprint density at radius 2 is 1.75 bits per heavy atom. The van der Waals surface area contributed by atoms with Crippen LogP contribution in [0.4, 0.5) is 0 Å². The molecule has 0 radical (unpaired) electrons. The van der Waals surface area contributed by atoms with Crippen LogP contribution in [0, 0.1) is 6.92 Å². The van der Waals surface area contributed by atoms with Crippen LogP contribution in [0.2, 0.25) is 0 Å². The lowest BCUT2D eigenvalue weighted by Gasteiger charge is -2.19. The normalized spacial score (nSPS) is 12.3. The molecule has 0 spiro atoms. The van der Waals surface area contributed by atoms with Gasteiger partial charge in [0, 0.05) is 12.6 Å². The van der Waals surface area contributed by atoms with Crippen molar-refractivity contribution in [1.82, 2.24) is 0 Å². The van der Waals surface area contributed by atoms with E-state index in [2.05, 4.69) is 0 Å². The second-order valence-corrected chi connectivity index (χ2v) is 3.70. The van der Waals surface area contributed by atoms with Gasteiger partial charge in [-0.3, -0.25) is 0 Å². The van der Waals surface area contributed by atoms with Gasteiger partial charge in [-0.05, 0) is 31.0 Å². The number of aryl methyl sites for hydroxylation is 1. The Kier molecular flexibility index (Phi) is 4.58. The van der Waals surface area contributed by atoms with Gasteiger partial charge in [-0.2, -0.15) is 0 Å². The first-order chi connectivity index (χ1) is 7.63. The van der Waals surface area contributed by atoms with Crippen LogP contribution >= 0.6 is 0 Å². The van der Waals surface area contributed by atoms with Crippen LogP contribution in [0.25, 0.3) is 0 Å². The third kappa shape index (κ3) is 2.65. The van der Waals surface area contributed by atoms with Crippen LogP contribution in [-0.2, 0) is 0 Å². The average molecular weight is 225 g/mol. The highest BCUT2D eigenvalue weighted by molar-refractivity contribution is 5.49. The van der Waals surface area contributed by atoms with Gasteiger partial charge in [0.1, 0.15) is 11.5 Å². The molecule has 0 aliphatic heterocycles. The van der Waals surface area contributed by atoms with Crippen LogP contribution in [0.5, 0.6) is 11.5 Å². The van der Waals surface area contributed by atoms with Crippen molar-refractivity contribution in [3.05, 3.63) is 23.3 Å². The zero-order chi connectivity index (χ0) is 12.1. The Labute approximate surface area is 96.0 Å². The van der Waals surface area contributed by atoms with E-state index in [1.807, 2.05) is 19.1 Å². The molecule has 0 aromatic heterocycles. The van der Waals surface area contributed by atoms with Gasteiger partial charge in [0.15, 0.2) is 0 Å². The van der Waals surface area contributed by atoms with Gasteiger partial charge in [-0.25, -0.2) is 0 Å². The first-order valence-corrected chi connectivity index (χ1v) is 5.23. The van der Waals surface area contributed by atoms with Gasteiger partial charge in [-0.15, -0.1) is 0 Å². The van der Waals surface area contributed by atoms with Crippen molar-refractivity contribution in [1.29, 1.82) is 0 Å². The molecule has 0 fully saturated rings. The molecule has 0 saturated heterocycles. The maximum Gasteiger partial charge on any atom is 0.127 e. The molecule has 90 valence electrons. The molecular weight excluding hydrogens is 206 g/mol. The number of hydrogen-bond donors (Lipinski definition) is 2. The van der Waals surface area contributed by atoms with Crippen molar-refractivity contribution in [2.45, 2.75) is 19.4 Å². The van der Waals surface area contributed by atoms with Gasteiger partial charge in [0.2, 0.25) is 0 Å². The minimum absolute atomic E-state index is 0.0430. The fourth-order valence-electron chi connectivity index (χ4n) is 1.72. The molecular formula is C12H19NO3. The molecule has 4 heteroatoms. The van der Waals surface area contributed by atoms with Crippen LogP contribution in [0.3, 0.4) is 0 Å². The maximum absolute atomic E-state index is 8.92. The lowest BCUT2D eigenvalue weighted by molar-refractivity contribution is 0.273. The highest BCUT2D eigenvalue weighted by Crippen LogP contribution is 2.35. The van der Waals surface area contributed by atoms with Crippen LogP contribution in [-0.4, -0.2) is 25.9 Å². The molecule has 0 bridgehead atoms. The van der Waals surface area contributed by atoms with E-state index in [1.54, 1.807) is 14.2 Å². The van der Waals surface area contributed by atoms with Crippen molar-refractivity contribution < 1.29 is 14.6 Å². The Morgan fingerprint density at radius 1 is 1.25 bits per heavy atom. The molecule has 0 aliphatic rings. The quantitative estimate of drug-likeness (QED) is 0.795. The summed E-state index contributed by atoms with van der Waals surface area (Å²) in [6, 6.07) is 3.54. The number of hydrogen-bond acceptors (Lipinski definition) is 4. The van der Waals surface area contributed by atoms with Gasteiger partial charge in [0.25, 0.3) is 0 Å². The van der Waals surface area contributed by atoms with E-state index < -0.39 is 0 Å². The number of nitrogens with two attached hydrogens (primary N) is 1. The number of aliphatic hydroxyl groups excluding tert-OH is 1. The van der Waals surface area contributed by atoms with E-state index in [1.165, 1.54) is 0 Å². The molecule has 0 saturated carbocycles. The van der Waals surface area contributed by atoms with Crippen molar-refractivity contribution in [3.63, 3.8) is 0 Å². The van der Waals surface area contributed by atoms with Crippen molar-refractivity contribution >= 4 is 0 Å². The summed E-state index contributed by atoms with van der Waals surface area (Å²) >= 11 is 0. The molecule has 1 aromatic carbocycles. The first kappa shape index (κ1) is 12.8. The minimum atomic E-state index is -0.282. The molecule has 0 unspecified atom stereocenters. The summed E-state index contributed by atoms with van der Waals surface area (Å²) < 4.78 is 10.6. The molecule has 3 N–H and O–H groups in total. The summed E-state index contributed by atoms with van der Waals surface area (Å²) in [7, 11) is 3.20. The predicted octanol–water partition coefficient (Wildman–Crippen LogP) is 1.39. The molecule has 16 heavy (non-hydrogen) atoms. The minimum Gasteiger partial charge on any atom is -0.496 e. The Hall–Kier alpha value is -1.26.